The Labute approximate surface area is 194 Å². The van der Waals surface area contributed by atoms with Gasteiger partial charge in [0.1, 0.15) is 10.8 Å². The average molecular weight is 473 g/mol. The normalized spacial score (nSPS) is 12.9. The lowest BCUT2D eigenvalue weighted by Crippen LogP contribution is -2.17. The Hall–Kier alpha value is -2.85. The maximum Gasteiger partial charge on any atom is 0.341 e. The molecule has 1 amide bonds. The zero-order valence-corrected chi connectivity index (χ0v) is 19.6. The largest absolute Gasteiger partial charge is 0.469 e. The summed E-state index contributed by atoms with van der Waals surface area (Å²) in [5.41, 5.74) is 2.36. The van der Waals surface area contributed by atoms with Crippen molar-refractivity contribution in [1.29, 1.82) is 0 Å². The van der Waals surface area contributed by atoms with Crippen LogP contribution in [-0.4, -0.2) is 39.5 Å². The van der Waals surface area contributed by atoms with Crippen molar-refractivity contribution in [1.82, 2.24) is 14.8 Å². The molecule has 0 bridgehead atoms. The van der Waals surface area contributed by atoms with Gasteiger partial charge in [-0.1, -0.05) is 17.8 Å². The number of rotatable bonds is 8. The van der Waals surface area contributed by atoms with Gasteiger partial charge in [0, 0.05) is 11.4 Å². The molecule has 0 fully saturated rings. The zero-order valence-electron chi connectivity index (χ0n) is 18.0. The summed E-state index contributed by atoms with van der Waals surface area (Å²) < 4.78 is 12.3. The summed E-state index contributed by atoms with van der Waals surface area (Å²) in [6.45, 7) is 6.17. The molecule has 3 aromatic rings. The van der Waals surface area contributed by atoms with E-state index in [0.717, 1.165) is 47.4 Å². The van der Waals surface area contributed by atoms with Crippen LogP contribution in [0, 0.1) is 6.92 Å². The minimum atomic E-state index is -0.404. The van der Waals surface area contributed by atoms with Crippen LogP contribution in [-0.2, 0) is 28.9 Å². The summed E-state index contributed by atoms with van der Waals surface area (Å²) in [6.07, 6.45) is 7.25. The number of esters is 1. The number of aromatic nitrogens is 3. The summed E-state index contributed by atoms with van der Waals surface area (Å²) in [5, 5.41) is 12.6. The molecule has 8 nitrogen and oxygen atoms in total. The van der Waals surface area contributed by atoms with Gasteiger partial charge in [0.05, 0.1) is 30.3 Å². The number of ether oxygens (including phenoxy) is 1. The van der Waals surface area contributed by atoms with Gasteiger partial charge in [-0.05, 0) is 44.2 Å². The van der Waals surface area contributed by atoms with E-state index in [4.69, 9.17) is 9.15 Å². The van der Waals surface area contributed by atoms with Crippen LogP contribution >= 0.6 is 23.1 Å². The average Bonchev–Trinajstić information content (AvgIpc) is 3.48. The molecule has 0 saturated carbocycles. The van der Waals surface area contributed by atoms with Crippen molar-refractivity contribution in [3.8, 4) is 11.4 Å². The predicted molar refractivity (Wildman–Crippen MR) is 124 cm³/mol. The fourth-order valence-electron chi connectivity index (χ4n) is 3.77. The minimum absolute atomic E-state index is 0.128. The molecular formula is C22H24N4O4S2. The molecule has 0 atom stereocenters. The Morgan fingerprint density at radius 2 is 2.19 bits per heavy atom. The number of furan rings is 1. The molecule has 3 heterocycles. The third kappa shape index (κ3) is 4.37. The Morgan fingerprint density at radius 3 is 2.91 bits per heavy atom. The number of nitrogens with zero attached hydrogens (tertiary/aromatic N) is 3. The van der Waals surface area contributed by atoms with E-state index < -0.39 is 5.97 Å². The summed E-state index contributed by atoms with van der Waals surface area (Å²) in [4.78, 5) is 26.3. The van der Waals surface area contributed by atoms with Gasteiger partial charge < -0.3 is 14.5 Å². The number of carbonyl (C=O) groups excluding carboxylic acids is 2. The van der Waals surface area contributed by atoms with Crippen LogP contribution in [0.4, 0.5) is 5.00 Å². The maximum absolute atomic E-state index is 12.8. The Bertz CT molecular complexity index is 1160. The van der Waals surface area contributed by atoms with E-state index in [9.17, 15) is 9.59 Å². The second-order valence-corrected chi connectivity index (χ2v) is 9.39. The number of allylic oxidation sites excluding steroid dienone is 1. The van der Waals surface area contributed by atoms with Crippen molar-refractivity contribution >= 4 is 40.0 Å². The van der Waals surface area contributed by atoms with E-state index in [1.165, 1.54) is 30.2 Å². The van der Waals surface area contributed by atoms with Gasteiger partial charge in [0.25, 0.3) is 0 Å². The lowest BCUT2D eigenvalue weighted by atomic mass is 9.95. The summed E-state index contributed by atoms with van der Waals surface area (Å²) >= 11 is 2.75. The van der Waals surface area contributed by atoms with E-state index in [2.05, 4.69) is 22.1 Å². The number of hydrogen-bond acceptors (Lipinski definition) is 8. The lowest BCUT2D eigenvalue weighted by molar-refractivity contribution is -0.113. The van der Waals surface area contributed by atoms with Crippen LogP contribution in [0.25, 0.3) is 11.4 Å². The van der Waals surface area contributed by atoms with Gasteiger partial charge in [-0.25, -0.2) is 4.79 Å². The predicted octanol–water partition coefficient (Wildman–Crippen LogP) is 4.49. The topological polar surface area (TPSA) is 99.2 Å². The van der Waals surface area contributed by atoms with E-state index >= 15 is 0 Å². The molecule has 10 heteroatoms. The first-order valence-corrected chi connectivity index (χ1v) is 12.1. The molecule has 1 aliphatic rings. The Balaban J connectivity index is 1.50. The first kappa shape index (κ1) is 22.3. The summed E-state index contributed by atoms with van der Waals surface area (Å²) in [6, 6.07) is 1.84. The van der Waals surface area contributed by atoms with E-state index in [-0.39, 0.29) is 11.7 Å². The molecule has 32 heavy (non-hydrogen) atoms. The van der Waals surface area contributed by atoms with Gasteiger partial charge in [-0.3, -0.25) is 9.36 Å². The summed E-state index contributed by atoms with van der Waals surface area (Å²) in [5.74, 6) is 0.918. The molecule has 1 N–H and O–H groups in total. The highest BCUT2D eigenvalue weighted by atomic mass is 32.2. The van der Waals surface area contributed by atoms with Gasteiger partial charge in [0.15, 0.2) is 11.0 Å². The van der Waals surface area contributed by atoms with Crippen LogP contribution in [0.3, 0.4) is 0 Å². The van der Waals surface area contributed by atoms with E-state index in [1.54, 1.807) is 12.3 Å². The highest BCUT2D eigenvalue weighted by Crippen LogP contribution is 2.38. The fourth-order valence-corrected chi connectivity index (χ4v) is 5.81. The van der Waals surface area contributed by atoms with Crippen LogP contribution in [0.15, 0.2) is 34.6 Å². The molecule has 0 saturated heterocycles. The third-order valence-corrected chi connectivity index (χ3v) is 7.45. The highest BCUT2D eigenvalue weighted by Gasteiger charge is 2.27. The second-order valence-electron chi connectivity index (χ2n) is 7.34. The number of fused-ring (bicyclic) bond motifs is 1. The van der Waals surface area contributed by atoms with Crippen LogP contribution in [0.5, 0.6) is 0 Å². The van der Waals surface area contributed by atoms with Crippen LogP contribution in [0.1, 0.15) is 39.4 Å². The minimum Gasteiger partial charge on any atom is -0.469 e. The smallest absolute Gasteiger partial charge is 0.341 e. The summed E-state index contributed by atoms with van der Waals surface area (Å²) in [7, 11) is 1.36. The van der Waals surface area contributed by atoms with E-state index in [0.29, 0.717) is 28.1 Å². The molecule has 0 spiro atoms. The standard InChI is InChI=1S/C22H24N4O4S2/c1-4-10-26-19(14-9-11-30-13(14)2)24-25-22(26)31-12-17(27)23-20-18(21(28)29-3)15-7-5-6-8-16(15)32-20/h4,9,11H,1,5-8,10,12H2,2-3H3,(H,23,27). The van der Waals surface area contributed by atoms with Crippen molar-refractivity contribution in [3.05, 3.63) is 46.7 Å². The molecule has 0 aliphatic heterocycles. The maximum atomic E-state index is 12.8. The second kappa shape index (κ2) is 9.74. The number of thioether (sulfide) groups is 1. The Morgan fingerprint density at radius 1 is 1.38 bits per heavy atom. The zero-order chi connectivity index (χ0) is 22.7. The van der Waals surface area contributed by atoms with Crippen molar-refractivity contribution in [2.75, 3.05) is 18.2 Å². The number of thiophene rings is 1. The number of hydrogen-bond donors (Lipinski definition) is 1. The number of amides is 1. The van der Waals surface area contributed by atoms with Crippen LogP contribution in [0.2, 0.25) is 0 Å². The number of aryl methyl sites for hydroxylation is 2. The third-order valence-electron chi connectivity index (χ3n) is 5.27. The number of carbonyl (C=O) groups is 2. The Kier molecular flexibility index (Phi) is 6.80. The molecule has 0 unspecified atom stereocenters. The number of anilines is 1. The molecule has 4 rings (SSSR count). The molecule has 1 aliphatic carbocycles. The quantitative estimate of drug-likeness (QED) is 0.293. The first-order valence-electron chi connectivity index (χ1n) is 10.3. The van der Waals surface area contributed by atoms with Crippen molar-refractivity contribution < 1.29 is 18.7 Å². The molecule has 168 valence electrons. The molecular weight excluding hydrogens is 448 g/mol. The lowest BCUT2D eigenvalue weighted by Gasteiger charge is -2.11. The SMILES string of the molecule is C=CCn1c(SCC(=O)Nc2sc3c(c2C(=O)OC)CCCC3)nnc1-c1ccoc1C. The molecule has 3 aromatic heterocycles. The van der Waals surface area contributed by atoms with Gasteiger partial charge in [0.2, 0.25) is 5.91 Å². The molecule has 0 aromatic carbocycles. The van der Waals surface area contributed by atoms with Crippen molar-refractivity contribution in [2.24, 2.45) is 0 Å². The van der Waals surface area contributed by atoms with Gasteiger partial charge in [-0.2, -0.15) is 0 Å². The van der Waals surface area contributed by atoms with Gasteiger partial charge >= 0.3 is 5.97 Å². The highest BCUT2D eigenvalue weighted by molar-refractivity contribution is 7.99. The fraction of sp³-hybridized carbons (Fsp3) is 0.364. The molecule has 0 radical (unpaired) electrons. The number of nitrogens with one attached hydrogen (secondary N) is 1. The van der Waals surface area contributed by atoms with Crippen LogP contribution < -0.4 is 5.32 Å². The number of methoxy groups -OCH3 is 1. The first-order chi connectivity index (χ1) is 15.5. The van der Waals surface area contributed by atoms with Crippen molar-refractivity contribution in [2.45, 2.75) is 44.3 Å². The monoisotopic (exact) mass is 472 g/mol. The van der Waals surface area contributed by atoms with Crippen molar-refractivity contribution in [3.63, 3.8) is 0 Å². The van der Waals surface area contributed by atoms with Gasteiger partial charge in [-0.15, -0.1) is 28.1 Å². The van der Waals surface area contributed by atoms with E-state index in [1.807, 2.05) is 17.6 Å².